The molecule has 0 saturated carbocycles. The van der Waals surface area contributed by atoms with Gasteiger partial charge in [0.1, 0.15) is 0 Å². The van der Waals surface area contributed by atoms with Crippen molar-refractivity contribution in [2.45, 2.75) is 47.7 Å². The average Bonchev–Trinajstić information content (AvgIpc) is 2.60. The van der Waals surface area contributed by atoms with Crippen molar-refractivity contribution in [2.75, 3.05) is 0 Å². The smallest absolute Gasteiger partial charge is 0.281 e. The molecular formula is C13H9F14NO3S. The maximum Gasteiger partial charge on any atom is 0.438 e. The Bertz CT molecular complexity index is 814. The lowest BCUT2D eigenvalue weighted by Gasteiger charge is -2.39. The van der Waals surface area contributed by atoms with Gasteiger partial charge in [-0.15, -0.1) is 0 Å². The minimum atomic E-state index is -8.14. The molecule has 0 saturated heterocycles. The first kappa shape index (κ1) is 30.1. The van der Waals surface area contributed by atoms with Crippen molar-refractivity contribution in [1.82, 2.24) is 4.98 Å². The fourth-order valence-corrected chi connectivity index (χ4v) is 2.04. The lowest BCUT2D eigenvalue weighted by atomic mass is 9.94. The molecule has 1 rings (SSSR count). The lowest BCUT2D eigenvalue weighted by Crippen LogP contribution is -2.70. The second-order valence-corrected chi connectivity index (χ2v) is 7.11. The van der Waals surface area contributed by atoms with Gasteiger partial charge in [-0.25, -0.2) is 4.39 Å². The highest BCUT2D eigenvalue weighted by atomic mass is 32.2. The maximum atomic E-state index is 13.0. The normalized spacial score (nSPS) is 15.6. The van der Waals surface area contributed by atoms with E-state index in [1.165, 1.54) is 0 Å². The Morgan fingerprint density at radius 2 is 1.12 bits per heavy atom. The molecule has 0 aliphatic heterocycles. The highest BCUT2D eigenvalue weighted by Crippen LogP contribution is 2.59. The molecule has 19 heteroatoms. The van der Waals surface area contributed by atoms with Crippen molar-refractivity contribution in [3.05, 3.63) is 30.6 Å². The summed E-state index contributed by atoms with van der Waals surface area (Å²) < 4.78 is 205. The summed E-state index contributed by atoms with van der Waals surface area (Å²) in [5, 5.41) is -7.50. The standard InChI is InChI=1S/C8H4F14O3S.C5H5N/c9-2(1-3(10,11)12)4(13,14)5(15,16)6(17,18)7(19,20)8(21,22)26(23,24)25;1-2-4-6-5-3-1/h2H,1H2,(H,23,24,25);1-5H. The average molecular weight is 525 g/mol. The first-order valence-electron chi connectivity index (χ1n) is 7.30. The molecule has 1 heterocycles. The second kappa shape index (κ2) is 9.14. The number of hydrogen-bond donors (Lipinski definition) is 1. The summed E-state index contributed by atoms with van der Waals surface area (Å²) in [6.07, 6.45) is -11.4. The van der Waals surface area contributed by atoms with Gasteiger partial charge < -0.3 is 0 Å². The SMILES string of the molecule is O=S(=O)(O)C(F)(F)C(F)(F)C(F)(F)C(F)(F)C(F)(F)C(F)CC(F)(F)F.c1ccncc1. The van der Waals surface area contributed by atoms with E-state index in [9.17, 15) is 69.9 Å². The quantitative estimate of drug-likeness (QED) is 0.384. The molecule has 0 fully saturated rings. The van der Waals surface area contributed by atoms with E-state index in [1.807, 2.05) is 18.2 Å². The number of rotatable bonds is 7. The Morgan fingerprint density at radius 1 is 0.719 bits per heavy atom. The predicted molar refractivity (Wildman–Crippen MR) is 76.1 cm³/mol. The van der Waals surface area contributed by atoms with Gasteiger partial charge in [-0.05, 0) is 12.1 Å². The molecule has 1 N–H and O–H groups in total. The van der Waals surface area contributed by atoms with Gasteiger partial charge in [0.15, 0.2) is 6.17 Å². The van der Waals surface area contributed by atoms with Crippen LogP contribution < -0.4 is 0 Å². The van der Waals surface area contributed by atoms with E-state index in [4.69, 9.17) is 4.55 Å². The Kier molecular flexibility index (Phi) is 8.59. The Morgan fingerprint density at radius 3 is 1.38 bits per heavy atom. The Labute approximate surface area is 169 Å². The van der Waals surface area contributed by atoms with E-state index < -0.39 is 57.8 Å². The topological polar surface area (TPSA) is 67.3 Å². The molecule has 0 aliphatic carbocycles. The molecule has 0 bridgehead atoms. The second-order valence-electron chi connectivity index (χ2n) is 5.65. The van der Waals surface area contributed by atoms with Crippen LogP contribution in [0.2, 0.25) is 0 Å². The molecule has 1 unspecified atom stereocenters. The fourth-order valence-electron chi connectivity index (χ4n) is 1.59. The fraction of sp³-hybridized carbons (Fsp3) is 0.615. The monoisotopic (exact) mass is 525 g/mol. The maximum absolute atomic E-state index is 13.0. The molecule has 0 amide bonds. The lowest BCUT2D eigenvalue weighted by molar-refractivity contribution is -0.398. The van der Waals surface area contributed by atoms with E-state index >= 15 is 0 Å². The van der Waals surface area contributed by atoms with Gasteiger partial charge in [0.05, 0.1) is 6.42 Å². The molecule has 0 spiro atoms. The van der Waals surface area contributed by atoms with E-state index in [1.54, 1.807) is 12.4 Å². The zero-order valence-corrected chi connectivity index (χ0v) is 15.4. The summed E-state index contributed by atoms with van der Waals surface area (Å²) in [5.74, 6) is -31.4. The number of hydrogen-bond acceptors (Lipinski definition) is 3. The summed E-state index contributed by atoms with van der Waals surface area (Å²) in [4.78, 5) is 3.78. The molecule has 0 aliphatic rings. The highest BCUT2D eigenvalue weighted by Gasteiger charge is 2.89. The van der Waals surface area contributed by atoms with Crippen molar-refractivity contribution < 1.29 is 74.4 Å². The molecular weight excluding hydrogens is 516 g/mol. The van der Waals surface area contributed by atoms with Crippen molar-refractivity contribution in [3.8, 4) is 0 Å². The summed E-state index contributed by atoms with van der Waals surface area (Å²) >= 11 is 0. The van der Waals surface area contributed by atoms with Crippen LogP contribution in [0.1, 0.15) is 6.42 Å². The number of nitrogens with zero attached hydrogens (tertiary/aromatic N) is 1. The zero-order valence-electron chi connectivity index (χ0n) is 14.6. The van der Waals surface area contributed by atoms with Crippen LogP contribution in [0, 0.1) is 0 Å². The predicted octanol–water partition coefficient (Wildman–Crippen LogP) is 5.38. The van der Waals surface area contributed by atoms with Gasteiger partial charge in [-0.1, -0.05) is 6.07 Å². The van der Waals surface area contributed by atoms with Crippen LogP contribution >= 0.6 is 0 Å². The van der Waals surface area contributed by atoms with Gasteiger partial charge >= 0.3 is 45.2 Å². The first-order chi connectivity index (χ1) is 13.9. The van der Waals surface area contributed by atoms with E-state index in [2.05, 4.69) is 4.98 Å². The van der Waals surface area contributed by atoms with Crippen LogP contribution in [0.15, 0.2) is 30.6 Å². The highest BCUT2D eigenvalue weighted by molar-refractivity contribution is 7.87. The zero-order chi connectivity index (χ0) is 26.0. The van der Waals surface area contributed by atoms with Crippen LogP contribution in [0.25, 0.3) is 0 Å². The van der Waals surface area contributed by atoms with E-state index in [0.29, 0.717) is 0 Å². The number of alkyl halides is 14. The number of pyridine rings is 1. The molecule has 188 valence electrons. The summed E-state index contributed by atoms with van der Waals surface area (Å²) in [6.45, 7) is 0. The summed E-state index contributed by atoms with van der Waals surface area (Å²) in [5.41, 5.74) is 0. The molecule has 4 nitrogen and oxygen atoms in total. The molecule has 32 heavy (non-hydrogen) atoms. The summed E-state index contributed by atoms with van der Waals surface area (Å²) in [7, 11) is -7.61. The van der Waals surface area contributed by atoms with Crippen LogP contribution in [0.3, 0.4) is 0 Å². The van der Waals surface area contributed by atoms with Crippen LogP contribution in [-0.2, 0) is 10.1 Å². The third-order valence-corrected chi connectivity index (χ3v) is 4.17. The first-order valence-corrected chi connectivity index (χ1v) is 8.74. The number of aromatic nitrogens is 1. The van der Waals surface area contributed by atoms with Crippen LogP contribution in [0.4, 0.5) is 61.5 Å². The van der Waals surface area contributed by atoms with E-state index in [-0.39, 0.29) is 0 Å². The van der Waals surface area contributed by atoms with Crippen LogP contribution in [0.5, 0.6) is 0 Å². The minimum absolute atomic E-state index is 1.75. The van der Waals surface area contributed by atoms with Gasteiger partial charge in [-0.3, -0.25) is 9.54 Å². The third kappa shape index (κ3) is 5.70. The van der Waals surface area contributed by atoms with Crippen molar-refractivity contribution >= 4 is 10.1 Å². The van der Waals surface area contributed by atoms with Gasteiger partial charge in [-0.2, -0.15) is 65.5 Å². The largest absolute Gasteiger partial charge is 0.438 e. The molecule has 1 aromatic heterocycles. The molecule has 0 aromatic carbocycles. The summed E-state index contributed by atoms with van der Waals surface area (Å²) in [6, 6.07) is 5.72. The Hall–Kier alpha value is -1.92. The van der Waals surface area contributed by atoms with Crippen molar-refractivity contribution in [3.63, 3.8) is 0 Å². The van der Waals surface area contributed by atoms with Crippen molar-refractivity contribution in [1.29, 1.82) is 0 Å². The molecule has 0 radical (unpaired) electrons. The van der Waals surface area contributed by atoms with Crippen LogP contribution in [-0.4, -0.2) is 59.2 Å². The van der Waals surface area contributed by atoms with Gasteiger partial charge in [0.25, 0.3) is 0 Å². The van der Waals surface area contributed by atoms with Crippen molar-refractivity contribution in [2.24, 2.45) is 0 Å². The van der Waals surface area contributed by atoms with Gasteiger partial charge in [0, 0.05) is 12.4 Å². The van der Waals surface area contributed by atoms with Gasteiger partial charge in [0.2, 0.25) is 0 Å². The molecule has 1 aromatic rings. The Balaban J connectivity index is 0.00000136. The molecule has 1 atom stereocenters. The number of halogens is 14. The third-order valence-electron chi connectivity index (χ3n) is 3.27. The minimum Gasteiger partial charge on any atom is -0.281 e. The van der Waals surface area contributed by atoms with E-state index in [0.717, 1.165) is 0 Å².